The number of anilines is 1. The lowest BCUT2D eigenvalue weighted by atomic mass is 10.2. The first-order valence-corrected chi connectivity index (χ1v) is 9.20. The Morgan fingerprint density at radius 3 is 2.46 bits per heavy atom. The largest absolute Gasteiger partial charge is 0.357 e. The van der Waals surface area contributed by atoms with Crippen molar-refractivity contribution in [1.29, 1.82) is 0 Å². The van der Waals surface area contributed by atoms with E-state index in [0.29, 0.717) is 17.8 Å². The van der Waals surface area contributed by atoms with Gasteiger partial charge in [-0.15, -0.1) is 0 Å². The van der Waals surface area contributed by atoms with Crippen LogP contribution in [0, 0.1) is 0 Å². The van der Waals surface area contributed by atoms with E-state index in [9.17, 15) is 9.59 Å². The van der Waals surface area contributed by atoms with Crippen molar-refractivity contribution in [2.24, 2.45) is 7.05 Å². The van der Waals surface area contributed by atoms with Crippen LogP contribution in [0.4, 0.5) is 5.82 Å². The van der Waals surface area contributed by atoms with Crippen LogP contribution in [-0.2, 0) is 13.6 Å². The number of amides is 1. The zero-order valence-corrected chi connectivity index (χ0v) is 15.5. The van der Waals surface area contributed by atoms with E-state index in [4.69, 9.17) is 0 Å². The number of nitrogens with zero attached hydrogens (tertiary/aromatic N) is 3. The molecular weight excluding hydrogens is 328 g/mol. The molecule has 0 aromatic carbocycles. The van der Waals surface area contributed by atoms with Crippen molar-refractivity contribution in [3.63, 3.8) is 0 Å². The van der Waals surface area contributed by atoms with Crippen LogP contribution in [0.1, 0.15) is 59.0 Å². The zero-order chi connectivity index (χ0) is 18.5. The van der Waals surface area contributed by atoms with E-state index in [2.05, 4.69) is 15.2 Å². The summed E-state index contributed by atoms with van der Waals surface area (Å²) in [5.41, 5.74) is 1.98. The second kappa shape index (κ2) is 8.17. The lowest BCUT2D eigenvalue weighted by molar-refractivity contribution is 0.0942. The Bertz CT molecular complexity index is 772. The van der Waals surface area contributed by atoms with E-state index in [1.165, 1.54) is 32.6 Å². The zero-order valence-electron chi connectivity index (χ0n) is 15.5. The minimum Gasteiger partial charge on any atom is -0.357 e. The Kier molecular flexibility index (Phi) is 5.71. The Labute approximate surface area is 154 Å². The lowest BCUT2D eigenvalue weighted by Crippen LogP contribution is -2.26. The third-order valence-electron chi connectivity index (χ3n) is 4.84. The predicted octanol–water partition coefficient (Wildman–Crippen LogP) is 2.93. The van der Waals surface area contributed by atoms with Gasteiger partial charge in [0.15, 0.2) is 5.78 Å². The van der Waals surface area contributed by atoms with Crippen molar-refractivity contribution in [3.8, 4) is 0 Å². The van der Waals surface area contributed by atoms with Crippen molar-refractivity contribution >= 4 is 17.5 Å². The summed E-state index contributed by atoms with van der Waals surface area (Å²) in [6, 6.07) is 5.67. The minimum atomic E-state index is -0.198. The van der Waals surface area contributed by atoms with Crippen LogP contribution in [0.3, 0.4) is 0 Å². The van der Waals surface area contributed by atoms with Crippen LogP contribution in [0.2, 0.25) is 0 Å². The standard InChI is InChI=1S/C20H26N4O2/c1-15(25)17-11-18(23(2)14-17)20(26)22-13-16-7-8-19(21-12-16)24-9-5-3-4-6-10-24/h7-8,11-12,14H,3-6,9-10,13H2,1-2H3,(H,22,26). The molecule has 1 saturated heterocycles. The van der Waals surface area contributed by atoms with Crippen LogP contribution in [0.5, 0.6) is 0 Å². The maximum atomic E-state index is 12.4. The number of carbonyl (C=O) groups excluding carboxylic acids is 2. The van der Waals surface area contributed by atoms with Gasteiger partial charge < -0.3 is 14.8 Å². The second-order valence-electron chi connectivity index (χ2n) is 6.89. The number of rotatable bonds is 5. The molecule has 3 heterocycles. The Hall–Kier alpha value is -2.63. The van der Waals surface area contributed by atoms with Gasteiger partial charge in [0.05, 0.1) is 0 Å². The minimum absolute atomic E-state index is 0.0482. The maximum absolute atomic E-state index is 12.4. The first kappa shape index (κ1) is 18.2. The van der Waals surface area contributed by atoms with Crippen molar-refractivity contribution < 1.29 is 9.59 Å². The van der Waals surface area contributed by atoms with Gasteiger partial charge in [-0.3, -0.25) is 9.59 Å². The summed E-state index contributed by atoms with van der Waals surface area (Å²) in [5.74, 6) is 0.764. The fourth-order valence-corrected chi connectivity index (χ4v) is 3.26. The van der Waals surface area contributed by atoms with Gasteiger partial charge in [0, 0.05) is 44.6 Å². The molecule has 6 heteroatoms. The molecule has 2 aromatic heterocycles. The summed E-state index contributed by atoms with van der Waals surface area (Å²) in [5, 5.41) is 2.89. The first-order valence-electron chi connectivity index (χ1n) is 9.20. The summed E-state index contributed by atoms with van der Waals surface area (Å²) < 4.78 is 1.67. The Morgan fingerprint density at radius 1 is 1.15 bits per heavy atom. The third-order valence-corrected chi connectivity index (χ3v) is 4.84. The van der Waals surface area contributed by atoms with Crippen LogP contribution in [0.25, 0.3) is 0 Å². The SMILES string of the molecule is CC(=O)c1cc(C(=O)NCc2ccc(N3CCCCCC3)nc2)n(C)c1. The van der Waals surface area contributed by atoms with Crippen LogP contribution < -0.4 is 10.2 Å². The van der Waals surface area contributed by atoms with Gasteiger partial charge in [0.25, 0.3) is 5.91 Å². The molecule has 0 bridgehead atoms. The Morgan fingerprint density at radius 2 is 1.88 bits per heavy atom. The highest BCUT2D eigenvalue weighted by molar-refractivity contribution is 5.99. The number of Topliss-reactive ketones (excluding diaryl/α,β-unsaturated/α-hetero) is 1. The highest BCUT2D eigenvalue weighted by Crippen LogP contribution is 2.17. The second-order valence-corrected chi connectivity index (χ2v) is 6.89. The number of hydrogen-bond donors (Lipinski definition) is 1. The average molecular weight is 354 g/mol. The van der Waals surface area contributed by atoms with Gasteiger partial charge in [0.2, 0.25) is 0 Å². The number of pyridine rings is 1. The number of hydrogen-bond acceptors (Lipinski definition) is 4. The topological polar surface area (TPSA) is 67.2 Å². The van der Waals surface area contributed by atoms with E-state index in [1.54, 1.807) is 23.9 Å². The number of aryl methyl sites for hydroxylation is 1. The molecule has 2 aromatic rings. The van der Waals surface area contributed by atoms with Crippen LogP contribution in [0.15, 0.2) is 30.6 Å². The molecule has 0 spiro atoms. The Balaban J connectivity index is 1.59. The molecule has 1 aliphatic heterocycles. The molecule has 0 radical (unpaired) electrons. The molecular formula is C20H26N4O2. The molecule has 0 unspecified atom stereocenters. The molecule has 0 saturated carbocycles. The molecule has 0 aliphatic carbocycles. The van der Waals surface area contributed by atoms with E-state index >= 15 is 0 Å². The molecule has 138 valence electrons. The average Bonchev–Trinajstić information content (AvgIpc) is 2.85. The van der Waals surface area contributed by atoms with Crippen molar-refractivity contribution in [1.82, 2.24) is 14.9 Å². The van der Waals surface area contributed by atoms with E-state index < -0.39 is 0 Å². The highest BCUT2D eigenvalue weighted by Gasteiger charge is 2.14. The predicted molar refractivity (Wildman–Crippen MR) is 102 cm³/mol. The van der Waals surface area contributed by atoms with Gasteiger partial charge in [-0.05, 0) is 37.5 Å². The molecule has 1 fully saturated rings. The highest BCUT2D eigenvalue weighted by atomic mass is 16.2. The van der Waals surface area contributed by atoms with Gasteiger partial charge >= 0.3 is 0 Å². The van der Waals surface area contributed by atoms with Crippen molar-refractivity contribution in [3.05, 3.63) is 47.4 Å². The van der Waals surface area contributed by atoms with Crippen LogP contribution >= 0.6 is 0 Å². The molecule has 6 nitrogen and oxygen atoms in total. The van der Waals surface area contributed by atoms with Crippen molar-refractivity contribution in [2.45, 2.75) is 39.2 Å². The summed E-state index contributed by atoms with van der Waals surface area (Å²) >= 11 is 0. The number of aromatic nitrogens is 2. The van der Waals surface area contributed by atoms with E-state index in [1.807, 2.05) is 18.3 Å². The van der Waals surface area contributed by atoms with Gasteiger partial charge in [-0.25, -0.2) is 4.98 Å². The molecule has 26 heavy (non-hydrogen) atoms. The van der Waals surface area contributed by atoms with Crippen LogP contribution in [-0.4, -0.2) is 34.3 Å². The summed E-state index contributed by atoms with van der Waals surface area (Å²) in [6.45, 7) is 4.03. The number of ketones is 1. The van der Waals surface area contributed by atoms with Crippen molar-refractivity contribution in [2.75, 3.05) is 18.0 Å². The van der Waals surface area contributed by atoms with E-state index in [0.717, 1.165) is 24.5 Å². The lowest BCUT2D eigenvalue weighted by Gasteiger charge is -2.21. The maximum Gasteiger partial charge on any atom is 0.268 e. The molecule has 0 atom stereocenters. The third kappa shape index (κ3) is 4.31. The molecule has 1 amide bonds. The van der Waals surface area contributed by atoms with E-state index in [-0.39, 0.29) is 11.7 Å². The van der Waals surface area contributed by atoms with Gasteiger partial charge in [-0.2, -0.15) is 0 Å². The van der Waals surface area contributed by atoms with Gasteiger partial charge in [-0.1, -0.05) is 18.9 Å². The molecule has 1 aliphatic rings. The summed E-state index contributed by atoms with van der Waals surface area (Å²) in [6.07, 6.45) is 8.54. The quantitative estimate of drug-likeness (QED) is 0.839. The summed E-state index contributed by atoms with van der Waals surface area (Å²) in [7, 11) is 1.76. The fraction of sp³-hybridized carbons (Fsp3) is 0.450. The smallest absolute Gasteiger partial charge is 0.268 e. The number of nitrogens with one attached hydrogen (secondary N) is 1. The monoisotopic (exact) mass is 354 g/mol. The normalized spacial score (nSPS) is 14.8. The first-order chi connectivity index (χ1) is 12.5. The summed E-state index contributed by atoms with van der Waals surface area (Å²) in [4.78, 5) is 30.7. The number of carbonyl (C=O) groups is 2. The fourth-order valence-electron chi connectivity index (χ4n) is 3.26. The molecule has 3 rings (SSSR count). The van der Waals surface area contributed by atoms with Gasteiger partial charge in [0.1, 0.15) is 11.5 Å². The molecule has 1 N–H and O–H groups in total.